The van der Waals surface area contributed by atoms with E-state index in [0.29, 0.717) is 24.6 Å². The molecule has 2 rings (SSSR count). The zero-order chi connectivity index (χ0) is 12.3. The van der Waals surface area contributed by atoms with Crippen LogP contribution in [-0.2, 0) is 11.3 Å². The lowest BCUT2D eigenvalue weighted by Crippen LogP contribution is -2.25. The number of benzene rings is 1. The lowest BCUT2D eigenvalue weighted by atomic mass is 10.1. The van der Waals surface area contributed by atoms with Gasteiger partial charge in [0.25, 0.3) is 0 Å². The Labute approximate surface area is 109 Å². The second-order valence-corrected chi connectivity index (χ2v) is 5.43. The van der Waals surface area contributed by atoms with Crippen LogP contribution in [0.15, 0.2) is 22.7 Å². The van der Waals surface area contributed by atoms with Crippen molar-refractivity contribution in [2.75, 3.05) is 6.54 Å². The molecule has 0 amide bonds. The molecule has 1 fully saturated rings. The molecule has 0 saturated heterocycles. The van der Waals surface area contributed by atoms with Crippen molar-refractivity contribution < 1.29 is 9.13 Å². The molecule has 0 spiro atoms. The summed E-state index contributed by atoms with van der Waals surface area (Å²) in [6.45, 7) is 0.994. The zero-order valence-electron chi connectivity index (χ0n) is 9.66. The smallest absolute Gasteiger partial charge is 0.129 e. The van der Waals surface area contributed by atoms with E-state index in [9.17, 15) is 4.39 Å². The van der Waals surface area contributed by atoms with Gasteiger partial charge in [0.15, 0.2) is 0 Å². The molecule has 0 aliphatic heterocycles. The van der Waals surface area contributed by atoms with Crippen molar-refractivity contribution >= 4 is 15.9 Å². The molecule has 4 heteroatoms. The van der Waals surface area contributed by atoms with E-state index in [0.717, 1.165) is 23.7 Å². The van der Waals surface area contributed by atoms with Crippen molar-refractivity contribution in [3.8, 4) is 0 Å². The van der Waals surface area contributed by atoms with Gasteiger partial charge in [-0.15, -0.1) is 0 Å². The van der Waals surface area contributed by atoms with Gasteiger partial charge >= 0.3 is 0 Å². The van der Waals surface area contributed by atoms with Gasteiger partial charge in [-0.05, 0) is 37.4 Å². The minimum Gasteiger partial charge on any atom is -0.373 e. The number of ether oxygens (including phenoxy) is 1. The van der Waals surface area contributed by atoms with Crippen molar-refractivity contribution in [3.05, 3.63) is 34.1 Å². The molecule has 0 bridgehead atoms. The summed E-state index contributed by atoms with van der Waals surface area (Å²) in [4.78, 5) is 0. The van der Waals surface area contributed by atoms with E-state index in [-0.39, 0.29) is 11.9 Å². The Kier molecular flexibility index (Phi) is 4.54. The van der Waals surface area contributed by atoms with Gasteiger partial charge in [0.1, 0.15) is 5.82 Å². The van der Waals surface area contributed by atoms with Crippen molar-refractivity contribution in [3.63, 3.8) is 0 Å². The monoisotopic (exact) mass is 301 g/mol. The molecule has 2 N–H and O–H groups in total. The SMILES string of the molecule is NCC1CCCC1OCc1ccc(Br)cc1F. The first-order chi connectivity index (χ1) is 8.20. The Morgan fingerprint density at radius 1 is 1.41 bits per heavy atom. The molecule has 0 aromatic heterocycles. The molecule has 17 heavy (non-hydrogen) atoms. The minimum atomic E-state index is -0.221. The summed E-state index contributed by atoms with van der Waals surface area (Å²) in [6, 6.07) is 5.05. The van der Waals surface area contributed by atoms with E-state index in [1.54, 1.807) is 6.07 Å². The van der Waals surface area contributed by atoms with Crippen LogP contribution in [0, 0.1) is 11.7 Å². The van der Waals surface area contributed by atoms with Crippen LogP contribution < -0.4 is 5.73 Å². The van der Waals surface area contributed by atoms with Crippen LogP contribution in [0.25, 0.3) is 0 Å². The van der Waals surface area contributed by atoms with Crippen LogP contribution in [-0.4, -0.2) is 12.6 Å². The van der Waals surface area contributed by atoms with E-state index in [4.69, 9.17) is 10.5 Å². The molecular weight excluding hydrogens is 285 g/mol. The highest BCUT2D eigenvalue weighted by Crippen LogP contribution is 2.28. The topological polar surface area (TPSA) is 35.2 Å². The van der Waals surface area contributed by atoms with E-state index >= 15 is 0 Å². The Morgan fingerprint density at radius 2 is 2.24 bits per heavy atom. The molecule has 1 aliphatic rings. The molecule has 2 atom stereocenters. The third kappa shape index (κ3) is 3.27. The van der Waals surface area contributed by atoms with Crippen molar-refractivity contribution in [2.24, 2.45) is 11.7 Å². The molecule has 0 radical (unpaired) electrons. The van der Waals surface area contributed by atoms with Crippen molar-refractivity contribution in [2.45, 2.75) is 32.0 Å². The summed E-state index contributed by atoms with van der Waals surface area (Å²) in [5.41, 5.74) is 6.29. The van der Waals surface area contributed by atoms with E-state index in [2.05, 4.69) is 15.9 Å². The molecule has 0 heterocycles. The van der Waals surface area contributed by atoms with Gasteiger partial charge < -0.3 is 10.5 Å². The first kappa shape index (κ1) is 13.0. The normalized spacial score (nSPS) is 24.2. The Morgan fingerprint density at radius 3 is 2.94 bits per heavy atom. The van der Waals surface area contributed by atoms with Gasteiger partial charge in [-0.3, -0.25) is 0 Å². The standard InChI is InChI=1S/C13H17BrFNO/c14-11-5-4-10(12(15)6-11)8-17-13-3-1-2-9(13)7-16/h4-6,9,13H,1-3,7-8,16H2. The number of hydrogen-bond acceptors (Lipinski definition) is 2. The maximum atomic E-state index is 13.6. The van der Waals surface area contributed by atoms with Crippen molar-refractivity contribution in [1.29, 1.82) is 0 Å². The first-order valence-electron chi connectivity index (χ1n) is 5.96. The second kappa shape index (κ2) is 5.94. The molecule has 1 aliphatic carbocycles. The van der Waals surface area contributed by atoms with Crippen LogP contribution in [0.2, 0.25) is 0 Å². The molecule has 1 aromatic carbocycles. The van der Waals surface area contributed by atoms with E-state index in [1.165, 1.54) is 6.07 Å². The lowest BCUT2D eigenvalue weighted by Gasteiger charge is -2.18. The largest absolute Gasteiger partial charge is 0.373 e. The molecular formula is C13H17BrFNO. The predicted molar refractivity (Wildman–Crippen MR) is 69.1 cm³/mol. The molecule has 1 aromatic rings. The van der Waals surface area contributed by atoms with Crippen LogP contribution in [0.5, 0.6) is 0 Å². The maximum Gasteiger partial charge on any atom is 0.129 e. The fraction of sp³-hybridized carbons (Fsp3) is 0.538. The van der Waals surface area contributed by atoms with E-state index in [1.807, 2.05) is 6.07 Å². The highest BCUT2D eigenvalue weighted by Gasteiger charge is 2.26. The Hall–Kier alpha value is -0.450. The molecule has 1 saturated carbocycles. The Bertz CT molecular complexity index is 386. The van der Waals surface area contributed by atoms with Gasteiger partial charge in [0.05, 0.1) is 12.7 Å². The minimum absolute atomic E-state index is 0.197. The fourth-order valence-electron chi connectivity index (χ4n) is 2.33. The Balaban J connectivity index is 1.93. The average molecular weight is 302 g/mol. The summed E-state index contributed by atoms with van der Waals surface area (Å²) in [5, 5.41) is 0. The third-order valence-electron chi connectivity index (χ3n) is 3.36. The summed E-state index contributed by atoms with van der Waals surface area (Å²) in [6.07, 6.45) is 3.53. The van der Waals surface area contributed by atoms with Gasteiger partial charge in [-0.1, -0.05) is 28.4 Å². The van der Waals surface area contributed by atoms with Crippen LogP contribution in [0.1, 0.15) is 24.8 Å². The third-order valence-corrected chi connectivity index (χ3v) is 3.85. The van der Waals surface area contributed by atoms with Gasteiger partial charge in [0, 0.05) is 10.0 Å². The number of nitrogens with two attached hydrogens (primary N) is 1. The van der Waals surface area contributed by atoms with Gasteiger partial charge in [-0.25, -0.2) is 4.39 Å². The maximum absolute atomic E-state index is 13.6. The average Bonchev–Trinajstić information content (AvgIpc) is 2.75. The number of halogens is 2. The van der Waals surface area contributed by atoms with Crippen LogP contribution in [0.4, 0.5) is 4.39 Å². The first-order valence-corrected chi connectivity index (χ1v) is 6.75. The van der Waals surface area contributed by atoms with Crippen molar-refractivity contribution in [1.82, 2.24) is 0 Å². The lowest BCUT2D eigenvalue weighted by molar-refractivity contribution is 0.0169. The number of rotatable bonds is 4. The van der Waals surface area contributed by atoms with Gasteiger partial charge in [-0.2, -0.15) is 0 Å². The second-order valence-electron chi connectivity index (χ2n) is 4.51. The zero-order valence-corrected chi connectivity index (χ0v) is 11.2. The quantitative estimate of drug-likeness (QED) is 0.927. The van der Waals surface area contributed by atoms with Crippen LogP contribution >= 0.6 is 15.9 Å². The molecule has 94 valence electrons. The fourth-order valence-corrected chi connectivity index (χ4v) is 2.66. The molecule has 2 unspecified atom stereocenters. The molecule has 2 nitrogen and oxygen atoms in total. The van der Waals surface area contributed by atoms with E-state index < -0.39 is 0 Å². The summed E-state index contributed by atoms with van der Waals surface area (Å²) in [7, 11) is 0. The highest BCUT2D eigenvalue weighted by atomic mass is 79.9. The summed E-state index contributed by atoms with van der Waals surface area (Å²) in [5.74, 6) is 0.218. The predicted octanol–water partition coefficient (Wildman–Crippen LogP) is 3.23. The van der Waals surface area contributed by atoms with Gasteiger partial charge in [0.2, 0.25) is 0 Å². The summed E-state index contributed by atoms with van der Waals surface area (Å²) >= 11 is 3.24. The van der Waals surface area contributed by atoms with Crippen LogP contribution in [0.3, 0.4) is 0 Å². The number of hydrogen-bond donors (Lipinski definition) is 1. The highest BCUT2D eigenvalue weighted by molar-refractivity contribution is 9.10. The summed E-state index contributed by atoms with van der Waals surface area (Å²) < 4.78 is 20.1.